The van der Waals surface area contributed by atoms with E-state index in [-0.39, 0.29) is 11.9 Å². The van der Waals surface area contributed by atoms with E-state index in [2.05, 4.69) is 15.6 Å². The Morgan fingerprint density at radius 3 is 2.80 bits per heavy atom. The quantitative estimate of drug-likeness (QED) is 0.587. The first-order valence-corrected chi connectivity index (χ1v) is 8.97. The lowest BCUT2D eigenvalue weighted by Crippen LogP contribution is -2.45. The lowest BCUT2D eigenvalue weighted by Gasteiger charge is -2.27. The fourth-order valence-corrected chi connectivity index (χ4v) is 3.28. The van der Waals surface area contributed by atoms with Gasteiger partial charge in [-0.2, -0.15) is 0 Å². The van der Waals surface area contributed by atoms with Crippen LogP contribution >= 0.6 is 0 Å². The smallest absolute Gasteiger partial charge is 0.191 e. The molecule has 1 aliphatic rings. The molecule has 1 aromatic carbocycles. The van der Waals surface area contributed by atoms with Crippen molar-refractivity contribution in [2.45, 2.75) is 58.2 Å². The molecule has 3 N–H and O–H groups in total. The highest BCUT2D eigenvalue weighted by molar-refractivity contribution is 5.82. The fourth-order valence-electron chi connectivity index (χ4n) is 3.28. The standard InChI is InChI=1S/C19H26FN3O2/c1-3-21-19(23-14-5-7-15(24)8-6-14)22-11-18-12(2)16-10-13(20)4-9-17(16)25-18/h4,9-10,14-15,24H,3,5-8,11H2,1-2H3,(H2,21,22,23). The second-order valence-electron chi connectivity index (χ2n) is 6.64. The number of hydrogen-bond acceptors (Lipinski definition) is 3. The van der Waals surface area contributed by atoms with Crippen molar-refractivity contribution in [2.24, 2.45) is 4.99 Å². The molecule has 6 heteroatoms. The van der Waals surface area contributed by atoms with E-state index in [1.165, 1.54) is 12.1 Å². The van der Waals surface area contributed by atoms with Gasteiger partial charge in [0.05, 0.1) is 6.10 Å². The Balaban J connectivity index is 1.72. The summed E-state index contributed by atoms with van der Waals surface area (Å²) in [6.07, 6.45) is 3.36. The number of benzene rings is 1. The van der Waals surface area contributed by atoms with E-state index in [9.17, 15) is 9.50 Å². The minimum atomic E-state index is -0.263. The number of nitrogens with zero attached hydrogens (tertiary/aromatic N) is 1. The second kappa shape index (κ2) is 7.87. The minimum absolute atomic E-state index is 0.170. The minimum Gasteiger partial charge on any atom is -0.459 e. The van der Waals surface area contributed by atoms with Gasteiger partial charge in [-0.25, -0.2) is 9.38 Å². The third-order valence-electron chi connectivity index (χ3n) is 4.76. The number of fused-ring (bicyclic) bond motifs is 1. The highest BCUT2D eigenvalue weighted by Gasteiger charge is 2.20. The molecule has 25 heavy (non-hydrogen) atoms. The molecule has 0 radical (unpaired) electrons. The normalized spacial score (nSPS) is 21.5. The number of halogens is 1. The predicted octanol–water partition coefficient (Wildman–Crippen LogP) is 3.24. The van der Waals surface area contributed by atoms with Crippen LogP contribution in [-0.2, 0) is 6.54 Å². The fraction of sp³-hybridized carbons (Fsp3) is 0.526. The highest BCUT2D eigenvalue weighted by atomic mass is 19.1. The molecule has 1 aromatic heterocycles. The Morgan fingerprint density at radius 2 is 2.08 bits per heavy atom. The summed E-state index contributed by atoms with van der Waals surface area (Å²) in [5.41, 5.74) is 1.61. The lowest BCUT2D eigenvalue weighted by atomic mass is 9.93. The Bertz CT molecular complexity index is 748. The van der Waals surface area contributed by atoms with Gasteiger partial charge in [0.25, 0.3) is 0 Å². The molecule has 1 fully saturated rings. The van der Waals surface area contributed by atoms with Crippen LogP contribution in [0.3, 0.4) is 0 Å². The van der Waals surface area contributed by atoms with Crippen molar-refractivity contribution in [3.8, 4) is 0 Å². The zero-order valence-electron chi connectivity index (χ0n) is 14.8. The summed E-state index contributed by atoms with van der Waals surface area (Å²) in [5.74, 6) is 1.23. The summed E-state index contributed by atoms with van der Waals surface area (Å²) < 4.78 is 19.2. The molecule has 3 rings (SSSR count). The van der Waals surface area contributed by atoms with Crippen LogP contribution in [0.5, 0.6) is 0 Å². The maximum absolute atomic E-state index is 13.4. The molecule has 0 aliphatic heterocycles. The van der Waals surface area contributed by atoms with Crippen LogP contribution in [0.1, 0.15) is 43.9 Å². The average Bonchev–Trinajstić information content (AvgIpc) is 2.91. The van der Waals surface area contributed by atoms with Crippen molar-refractivity contribution in [3.63, 3.8) is 0 Å². The summed E-state index contributed by atoms with van der Waals surface area (Å²) >= 11 is 0. The predicted molar refractivity (Wildman–Crippen MR) is 97.1 cm³/mol. The SMILES string of the molecule is CCNC(=NCc1oc2ccc(F)cc2c1C)NC1CCC(O)CC1. The molecular weight excluding hydrogens is 321 g/mol. The summed E-state index contributed by atoms with van der Waals surface area (Å²) in [6.45, 7) is 5.12. The van der Waals surface area contributed by atoms with Crippen molar-refractivity contribution in [3.05, 3.63) is 35.3 Å². The first kappa shape index (κ1) is 17.7. The third kappa shape index (κ3) is 4.31. The monoisotopic (exact) mass is 347 g/mol. The number of aliphatic imine (C=N–C) groups is 1. The molecule has 136 valence electrons. The first-order valence-electron chi connectivity index (χ1n) is 8.97. The molecule has 5 nitrogen and oxygen atoms in total. The number of furan rings is 1. The number of aryl methyl sites for hydroxylation is 1. The van der Waals surface area contributed by atoms with Gasteiger partial charge in [-0.3, -0.25) is 0 Å². The number of rotatable bonds is 4. The molecular formula is C19H26FN3O2. The molecule has 0 saturated heterocycles. The summed E-state index contributed by atoms with van der Waals surface area (Å²) in [4.78, 5) is 4.62. The molecule has 0 bridgehead atoms. The van der Waals surface area contributed by atoms with Gasteiger partial charge in [0.2, 0.25) is 0 Å². The molecule has 1 saturated carbocycles. The summed E-state index contributed by atoms with van der Waals surface area (Å²) in [6, 6.07) is 4.88. The van der Waals surface area contributed by atoms with Crippen LogP contribution in [0.15, 0.2) is 27.6 Å². The zero-order chi connectivity index (χ0) is 17.8. The topological polar surface area (TPSA) is 69.8 Å². The van der Waals surface area contributed by atoms with E-state index in [1.807, 2.05) is 13.8 Å². The number of aliphatic hydroxyl groups excluding tert-OH is 1. The van der Waals surface area contributed by atoms with Gasteiger partial charge < -0.3 is 20.2 Å². The molecule has 0 spiro atoms. The maximum atomic E-state index is 13.4. The Hall–Kier alpha value is -2.08. The number of nitrogens with one attached hydrogen (secondary N) is 2. The maximum Gasteiger partial charge on any atom is 0.191 e. The highest BCUT2D eigenvalue weighted by Crippen LogP contribution is 2.26. The van der Waals surface area contributed by atoms with E-state index >= 15 is 0 Å². The van der Waals surface area contributed by atoms with Gasteiger partial charge in [0, 0.05) is 23.5 Å². The van der Waals surface area contributed by atoms with E-state index < -0.39 is 0 Å². The Kier molecular flexibility index (Phi) is 5.58. The average molecular weight is 347 g/mol. The van der Waals surface area contributed by atoms with E-state index in [0.717, 1.165) is 54.9 Å². The first-order chi connectivity index (χ1) is 12.1. The third-order valence-corrected chi connectivity index (χ3v) is 4.76. The van der Waals surface area contributed by atoms with Crippen molar-refractivity contribution >= 4 is 16.9 Å². The van der Waals surface area contributed by atoms with Crippen molar-refractivity contribution in [1.82, 2.24) is 10.6 Å². The molecule has 0 amide bonds. The number of guanidine groups is 1. The Labute approximate surface area is 147 Å². The van der Waals surface area contributed by atoms with Gasteiger partial charge in [0.15, 0.2) is 5.96 Å². The van der Waals surface area contributed by atoms with Crippen LogP contribution < -0.4 is 10.6 Å². The second-order valence-corrected chi connectivity index (χ2v) is 6.64. The van der Waals surface area contributed by atoms with Crippen LogP contribution in [0, 0.1) is 12.7 Å². The number of aliphatic hydroxyl groups is 1. The molecule has 1 aliphatic carbocycles. The van der Waals surface area contributed by atoms with Crippen molar-refractivity contribution in [1.29, 1.82) is 0 Å². The molecule has 0 atom stereocenters. The molecule has 2 aromatic rings. The Morgan fingerprint density at radius 1 is 1.32 bits per heavy atom. The van der Waals surface area contributed by atoms with E-state index in [1.54, 1.807) is 6.07 Å². The largest absolute Gasteiger partial charge is 0.459 e. The lowest BCUT2D eigenvalue weighted by molar-refractivity contribution is 0.120. The van der Waals surface area contributed by atoms with Gasteiger partial charge in [-0.15, -0.1) is 0 Å². The van der Waals surface area contributed by atoms with Gasteiger partial charge in [0.1, 0.15) is 23.7 Å². The number of hydrogen-bond donors (Lipinski definition) is 3. The molecule has 1 heterocycles. The zero-order valence-corrected chi connectivity index (χ0v) is 14.8. The van der Waals surface area contributed by atoms with E-state index in [0.29, 0.717) is 18.2 Å². The van der Waals surface area contributed by atoms with Gasteiger partial charge >= 0.3 is 0 Å². The van der Waals surface area contributed by atoms with Crippen molar-refractivity contribution in [2.75, 3.05) is 6.54 Å². The van der Waals surface area contributed by atoms with Crippen molar-refractivity contribution < 1.29 is 13.9 Å². The summed E-state index contributed by atoms with van der Waals surface area (Å²) in [5, 5.41) is 17.1. The summed E-state index contributed by atoms with van der Waals surface area (Å²) in [7, 11) is 0. The molecule has 0 unspecified atom stereocenters. The van der Waals surface area contributed by atoms with Gasteiger partial charge in [-0.1, -0.05) is 0 Å². The van der Waals surface area contributed by atoms with Gasteiger partial charge in [-0.05, 0) is 57.7 Å². The van der Waals surface area contributed by atoms with E-state index in [4.69, 9.17) is 4.42 Å². The van der Waals surface area contributed by atoms with Crippen LogP contribution in [-0.4, -0.2) is 29.8 Å². The van der Waals surface area contributed by atoms with Crippen LogP contribution in [0.25, 0.3) is 11.0 Å². The van der Waals surface area contributed by atoms with Crippen LogP contribution in [0.2, 0.25) is 0 Å². The van der Waals surface area contributed by atoms with Crippen LogP contribution in [0.4, 0.5) is 4.39 Å².